The van der Waals surface area contributed by atoms with Crippen LogP contribution < -0.4 is 0 Å². The van der Waals surface area contributed by atoms with Gasteiger partial charge >= 0.3 is 0 Å². The van der Waals surface area contributed by atoms with Gasteiger partial charge in [0.2, 0.25) is 5.95 Å². The lowest BCUT2D eigenvalue weighted by atomic mass is 10.1. The molecule has 4 rings (SSSR count). The zero-order valence-corrected chi connectivity index (χ0v) is 11.9. The van der Waals surface area contributed by atoms with Crippen LogP contribution in [0.4, 0.5) is 4.39 Å². The van der Waals surface area contributed by atoms with Crippen LogP contribution in [-0.4, -0.2) is 31.9 Å². The largest absolute Gasteiger partial charge is 0.364 e. The molecule has 7 heteroatoms. The highest BCUT2D eigenvalue weighted by Crippen LogP contribution is 2.21. The summed E-state index contributed by atoms with van der Waals surface area (Å²) in [6.07, 6.45) is 3.71. The van der Waals surface area contributed by atoms with Gasteiger partial charge in [0.15, 0.2) is 5.69 Å². The maximum absolute atomic E-state index is 14.4. The highest BCUT2D eigenvalue weighted by Gasteiger charge is 2.28. The average molecular weight is 300 g/mol. The van der Waals surface area contributed by atoms with Crippen molar-refractivity contribution in [2.75, 3.05) is 6.54 Å². The normalized spacial score (nSPS) is 14.4. The lowest BCUT2D eigenvalue weighted by molar-refractivity contribution is 0.0723. The van der Waals surface area contributed by atoms with Gasteiger partial charge in [0, 0.05) is 24.7 Å². The molecule has 22 heavy (non-hydrogen) atoms. The Labute approximate surface area is 125 Å². The summed E-state index contributed by atoms with van der Waals surface area (Å²) in [5, 5.41) is 3.88. The van der Waals surface area contributed by atoms with E-state index in [-0.39, 0.29) is 5.69 Å². The van der Waals surface area contributed by atoms with Gasteiger partial charge in [0.1, 0.15) is 11.9 Å². The summed E-state index contributed by atoms with van der Waals surface area (Å²) in [6, 6.07) is 3.52. The minimum Gasteiger partial charge on any atom is -0.364 e. The molecule has 0 spiro atoms. The number of hydrogen-bond acceptors (Lipinski definition) is 4. The summed E-state index contributed by atoms with van der Waals surface area (Å²) in [6.45, 7) is 2.74. The minimum atomic E-state index is -0.629. The SMILES string of the molecule is Cc1ccn2c(F)c(C(=O)N3CCc4nocc4C3)nc2c1. The third-order valence-electron chi connectivity index (χ3n) is 3.92. The van der Waals surface area contributed by atoms with E-state index in [2.05, 4.69) is 10.1 Å². The van der Waals surface area contributed by atoms with Crippen molar-refractivity contribution >= 4 is 11.6 Å². The fourth-order valence-electron chi connectivity index (χ4n) is 2.72. The predicted octanol–water partition coefficient (Wildman–Crippen LogP) is 1.97. The smallest absolute Gasteiger partial charge is 0.277 e. The molecule has 3 aromatic heterocycles. The second kappa shape index (κ2) is 4.66. The van der Waals surface area contributed by atoms with Crippen molar-refractivity contribution in [2.45, 2.75) is 19.9 Å². The molecule has 0 saturated heterocycles. The second-order valence-electron chi connectivity index (χ2n) is 5.45. The summed E-state index contributed by atoms with van der Waals surface area (Å²) in [7, 11) is 0. The fourth-order valence-corrected chi connectivity index (χ4v) is 2.72. The molecule has 1 aliphatic heterocycles. The van der Waals surface area contributed by atoms with Gasteiger partial charge in [-0.3, -0.25) is 9.20 Å². The minimum absolute atomic E-state index is 0.148. The molecule has 0 unspecified atom stereocenters. The van der Waals surface area contributed by atoms with Crippen LogP contribution in [0.15, 0.2) is 29.1 Å². The van der Waals surface area contributed by atoms with Gasteiger partial charge in [-0.2, -0.15) is 4.39 Å². The molecule has 0 aliphatic carbocycles. The molecule has 0 radical (unpaired) electrons. The predicted molar refractivity (Wildman–Crippen MR) is 74.8 cm³/mol. The number of carbonyl (C=O) groups excluding carboxylic acids is 1. The molecular formula is C15H13FN4O2. The molecule has 1 amide bonds. The third kappa shape index (κ3) is 1.89. The maximum Gasteiger partial charge on any atom is 0.277 e. The van der Waals surface area contributed by atoms with Crippen molar-refractivity contribution in [1.29, 1.82) is 0 Å². The summed E-state index contributed by atoms with van der Waals surface area (Å²) < 4.78 is 20.6. The van der Waals surface area contributed by atoms with Gasteiger partial charge in [-0.15, -0.1) is 0 Å². The van der Waals surface area contributed by atoms with E-state index in [1.54, 1.807) is 23.2 Å². The Morgan fingerprint density at radius 3 is 3.18 bits per heavy atom. The quantitative estimate of drug-likeness (QED) is 0.689. The Balaban J connectivity index is 1.70. The van der Waals surface area contributed by atoms with E-state index in [1.807, 2.05) is 6.92 Å². The van der Waals surface area contributed by atoms with Gasteiger partial charge in [-0.05, 0) is 24.6 Å². The molecule has 0 N–H and O–H groups in total. The summed E-state index contributed by atoms with van der Waals surface area (Å²) in [5.41, 5.74) is 2.97. The van der Waals surface area contributed by atoms with E-state index in [4.69, 9.17) is 4.52 Å². The molecule has 6 nitrogen and oxygen atoms in total. The van der Waals surface area contributed by atoms with Crippen molar-refractivity contribution in [3.8, 4) is 0 Å². The zero-order chi connectivity index (χ0) is 15.3. The Hall–Kier alpha value is -2.70. The first kappa shape index (κ1) is 13.0. The third-order valence-corrected chi connectivity index (χ3v) is 3.92. The monoisotopic (exact) mass is 300 g/mol. The lowest BCUT2D eigenvalue weighted by Gasteiger charge is -2.24. The molecule has 1 aliphatic rings. The zero-order valence-electron chi connectivity index (χ0n) is 11.9. The van der Waals surface area contributed by atoms with Gasteiger partial charge in [-0.25, -0.2) is 4.98 Å². The van der Waals surface area contributed by atoms with Crippen molar-refractivity contribution in [2.24, 2.45) is 0 Å². The number of pyridine rings is 1. The van der Waals surface area contributed by atoms with Crippen LogP contribution in [0.3, 0.4) is 0 Å². The Kier molecular flexibility index (Phi) is 2.75. The van der Waals surface area contributed by atoms with E-state index in [0.29, 0.717) is 25.2 Å². The number of amides is 1. The van der Waals surface area contributed by atoms with Crippen LogP contribution in [0.1, 0.15) is 27.3 Å². The summed E-state index contributed by atoms with van der Waals surface area (Å²) in [5.74, 6) is -1.04. The lowest BCUT2D eigenvalue weighted by Crippen LogP contribution is -2.36. The van der Waals surface area contributed by atoms with E-state index < -0.39 is 11.9 Å². The molecule has 112 valence electrons. The number of rotatable bonds is 1. The highest BCUT2D eigenvalue weighted by molar-refractivity contribution is 5.93. The van der Waals surface area contributed by atoms with Gasteiger partial charge in [-0.1, -0.05) is 5.16 Å². The average Bonchev–Trinajstić information content (AvgIpc) is 3.10. The van der Waals surface area contributed by atoms with E-state index in [1.165, 1.54) is 10.7 Å². The van der Waals surface area contributed by atoms with Crippen molar-refractivity contribution < 1.29 is 13.7 Å². The topological polar surface area (TPSA) is 63.6 Å². The van der Waals surface area contributed by atoms with Gasteiger partial charge in [0.05, 0.1) is 12.2 Å². The first-order valence-electron chi connectivity index (χ1n) is 6.99. The Morgan fingerprint density at radius 1 is 1.45 bits per heavy atom. The Morgan fingerprint density at radius 2 is 2.32 bits per heavy atom. The highest BCUT2D eigenvalue weighted by atomic mass is 19.1. The van der Waals surface area contributed by atoms with Crippen LogP contribution in [0.25, 0.3) is 5.65 Å². The molecule has 3 aromatic rings. The second-order valence-corrected chi connectivity index (χ2v) is 5.45. The van der Waals surface area contributed by atoms with E-state index in [0.717, 1.165) is 16.8 Å². The molecule has 0 fully saturated rings. The molecule has 0 saturated carbocycles. The van der Waals surface area contributed by atoms with Gasteiger partial charge < -0.3 is 9.42 Å². The summed E-state index contributed by atoms with van der Waals surface area (Å²) >= 11 is 0. The molecule has 4 heterocycles. The van der Waals surface area contributed by atoms with Crippen molar-refractivity contribution in [3.05, 3.63) is 53.1 Å². The Bertz CT molecular complexity index is 883. The first-order valence-corrected chi connectivity index (χ1v) is 6.99. The van der Waals surface area contributed by atoms with E-state index >= 15 is 0 Å². The fraction of sp³-hybridized carbons (Fsp3) is 0.267. The number of aromatic nitrogens is 3. The van der Waals surface area contributed by atoms with Crippen LogP contribution in [0, 0.1) is 12.9 Å². The number of aryl methyl sites for hydroxylation is 1. The van der Waals surface area contributed by atoms with Crippen LogP contribution in [0.2, 0.25) is 0 Å². The molecule has 0 atom stereocenters. The molecule has 0 aromatic carbocycles. The van der Waals surface area contributed by atoms with Crippen molar-refractivity contribution in [3.63, 3.8) is 0 Å². The standard InChI is InChI=1S/C15H13FN4O2/c1-9-2-5-20-12(6-9)17-13(14(20)16)15(21)19-4-3-11-10(7-19)8-22-18-11/h2,5-6,8H,3-4,7H2,1H3. The number of nitrogens with zero attached hydrogens (tertiary/aromatic N) is 4. The number of imidazole rings is 1. The number of hydrogen-bond donors (Lipinski definition) is 0. The molecular weight excluding hydrogens is 287 g/mol. The summed E-state index contributed by atoms with van der Waals surface area (Å²) in [4.78, 5) is 18.3. The molecule has 0 bridgehead atoms. The van der Waals surface area contributed by atoms with Crippen LogP contribution >= 0.6 is 0 Å². The number of halogens is 1. The van der Waals surface area contributed by atoms with Crippen molar-refractivity contribution in [1.82, 2.24) is 19.4 Å². The van der Waals surface area contributed by atoms with Crippen LogP contribution in [-0.2, 0) is 13.0 Å². The van der Waals surface area contributed by atoms with E-state index in [9.17, 15) is 9.18 Å². The maximum atomic E-state index is 14.4. The number of fused-ring (bicyclic) bond motifs is 2. The van der Waals surface area contributed by atoms with Crippen LogP contribution in [0.5, 0.6) is 0 Å². The first-order chi connectivity index (χ1) is 10.6. The van der Waals surface area contributed by atoms with Gasteiger partial charge in [0.25, 0.3) is 5.91 Å². The number of carbonyl (C=O) groups is 1.